The molecule has 0 amide bonds. The molecule has 13 rings (SSSR count). The van der Waals surface area contributed by atoms with E-state index in [1.807, 2.05) is 22.7 Å². The summed E-state index contributed by atoms with van der Waals surface area (Å²) in [5, 5.41) is 5.25. The van der Waals surface area contributed by atoms with Gasteiger partial charge in [0, 0.05) is 62.8 Å². The first kappa shape index (κ1) is 35.0. The summed E-state index contributed by atoms with van der Waals surface area (Å²) in [5.41, 5.74) is 16.1. The van der Waals surface area contributed by atoms with Crippen molar-refractivity contribution in [1.29, 1.82) is 0 Å². The molecule has 0 radical (unpaired) electrons. The van der Waals surface area contributed by atoms with E-state index >= 15 is 0 Å². The number of hydrogen-bond acceptors (Lipinski definition) is 3. The van der Waals surface area contributed by atoms with Crippen LogP contribution >= 0.6 is 22.7 Å². The number of fused-ring (bicyclic) bond motifs is 15. The van der Waals surface area contributed by atoms with Crippen LogP contribution in [0.5, 0.6) is 0 Å². The zero-order valence-corrected chi connectivity index (χ0v) is 35.4. The lowest BCUT2D eigenvalue weighted by molar-refractivity contribution is 0.563. The van der Waals surface area contributed by atoms with E-state index in [9.17, 15) is 0 Å². The molecule has 11 aromatic rings. The number of benzene rings is 9. The first-order valence-corrected chi connectivity index (χ1v) is 22.8. The third kappa shape index (κ3) is 4.82. The molecule has 61 heavy (non-hydrogen) atoms. The van der Waals surface area contributed by atoms with Gasteiger partial charge in [0.15, 0.2) is 0 Å². The molecule has 0 bridgehead atoms. The third-order valence-corrected chi connectivity index (χ3v) is 16.0. The normalized spacial score (nSPS) is 14.3. The zero-order valence-electron chi connectivity index (χ0n) is 33.8. The van der Waals surface area contributed by atoms with Gasteiger partial charge in [0.05, 0.1) is 5.41 Å². The smallest absolute Gasteiger partial charge is 0.0720 e. The molecule has 0 fully saturated rings. The van der Waals surface area contributed by atoms with Crippen molar-refractivity contribution in [2.24, 2.45) is 0 Å². The van der Waals surface area contributed by atoms with Crippen LogP contribution in [0.3, 0.4) is 0 Å². The molecule has 2 aliphatic carbocycles. The van der Waals surface area contributed by atoms with Crippen LogP contribution in [-0.2, 0) is 10.8 Å². The van der Waals surface area contributed by atoms with Gasteiger partial charge in [-0.3, -0.25) is 0 Å². The summed E-state index contributed by atoms with van der Waals surface area (Å²) < 4.78 is 5.27. The molecule has 9 aromatic carbocycles. The van der Waals surface area contributed by atoms with Crippen LogP contribution in [0.25, 0.3) is 62.6 Å². The minimum absolute atomic E-state index is 0.153. The molecule has 3 heteroatoms. The number of rotatable bonds is 4. The molecule has 0 atom stereocenters. The van der Waals surface area contributed by atoms with E-state index in [-0.39, 0.29) is 5.41 Å². The van der Waals surface area contributed by atoms with E-state index in [2.05, 4.69) is 219 Å². The lowest BCUT2D eigenvalue weighted by atomic mass is 9.55. The molecule has 0 N–H and O–H groups in total. The molecule has 1 spiro atoms. The summed E-state index contributed by atoms with van der Waals surface area (Å²) >= 11 is 3.74. The van der Waals surface area contributed by atoms with Crippen LogP contribution in [0.4, 0.5) is 17.1 Å². The minimum atomic E-state index is -0.477. The average Bonchev–Trinajstić information content (AvgIpc) is 3.97. The molecule has 0 aliphatic heterocycles. The van der Waals surface area contributed by atoms with Crippen LogP contribution < -0.4 is 4.90 Å². The van der Waals surface area contributed by atoms with Crippen molar-refractivity contribution < 1.29 is 0 Å². The van der Waals surface area contributed by atoms with Gasteiger partial charge in [0.1, 0.15) is 0 Å². The van der Waals surface area contributed by atoms with E-state index in [1.54, 1.807) is 0 Å². The summed E-state index contributed by atoms with van der Waals surface area (Å²) in [4.78, 5) is 2.48. The van der Waals surface area contributed by atoms with Crippen LogP contribution in [-0.4, -0.2) is 0 Å². The maximum absolute atomic E-state index is 2.52. The Kier molecular flexibility index (Phi) is 7.38. The lowest BCUT2D eigenvalue weighted by Gasteiger charge is -2.46. The van der Waals surface area contributed by atoms with E-state index < -0.39 is 5.41 Å². The molecule has 0 saturated carbocycles. The van der Waals surface area contributed by atoms with Crippen LogP contribution in [0, 0.1) is 0 Å². The van der Waals surface area contributed by atoms with E-state index in [1.165, 1.54) is 96.0 Å². The molecule has 1 nitrogen and oxygen atoms in total. The summed E-state index contributed by atoms with van der Waals surface area (Å²) in [6, 6.07) is 75.5. The number of thiophene rings is 2. The second kappa shape index (κ2) is 12.9. The minimum Gasteiger partial charge on any atom is -0.310 e. The molecule has 288 valence electrons. The van der Waals surface area contributed by atoms with Gasteiger partial charge in [-0.25, -0.2) is 0 Å². The second-order valence-corrected chi connectivity index (χ2v) is 19.3. The Morgan fingerprint density at radius 3 is 1.61 bits per heavy atom. The average molecular weight is 814 g/mol. The van der Waals surface area contributed by atoms with Crippen molar-refractivity contribution in [3.05, 3.63) is 234 Å². The van der Waals surface area contributed by atoms with Crippen LogP contribution in [0.1, 0.15) is 47.2 Å². The summed E-state index contributed by atoms with van der Waals surface area (Å²) in [6.45, 7) is 4.79. The Morgan fingerprint density at radius 2 is 0.852 bits per heavy atom. The molecular formula is C58H39NS2. The fourth-order valence-electron chi connectivity index (χ4n) is 11.1. The van der Waals surface area contributed by atoms with Gasteiger partial charge < -0.3 is 4.90 Å². The summed E-state index contributed by atoms with van der Waals surface area (Å²) in [6.07, 6.45) is 0. The lowest BCUT2D eigenvalue weighted by Crippen LogP contribution is -2.40. The second-order valence-electron chi connectivity index (χ2n) is 17.2. The highest BCUT2D eigenvalue weighted by atomic mass is 32.1. The standard InChI is InChI=1S/C58H39NS2/c1-57(2)47-19-7-9-21-49(47)58(50-22-10-8-20-48(50)57)46-18-6-3-14-41(46)42-32-30-39(35-51(42)58)59(38-31-33-54-45(34-38)43-15-4-11-23-52(43)60-54)37-28-26-36(27-29-37)40-17-13-25-55-56(40)44-16-5-12-24-53(44)61-55/h3-35H,1-2H3. The Morgan fingerprint density at radius 1 is 0.344 bits per heavy atom. The SMILES string of the molecule is CC1(C)c2ccccc2C2(c3ccccc3-c3ccc(N(c4ccc(-c5cccc6sc7ccccc7c56)cc4)c4ccc5sc6ccccc6c5c4)cc32)c2ccccc21. The highest BCUT2D eigenvalue weighted by molar-refractivity contribution is 7.26. The number of nitrogens with zero attached hydrogens (tertiary/aromatic N) is 1. The highest BCUT2D eigenvalue weighted by Crippen LogP contribution is 2.62. The molecule has 2 aliphatic rings. The first-order valence-electron chi connectivity index (χ1n) is 21.2. The maximum Gasteiger partial charge on any atom is 0.0720 e. The van der Waals surface area contributed by atoms with Gasteiger partial charge in [-0.15, -0.1) is 22.7 Å². The number of hydrogen-bond donors (Lipinski definition) is 0. The van der Waals surface area contributed by atoms with E-state index in [0.29, 0.717) is 0 Å². The monoisotopic (exact) mass is 813 g/mol. The topological polar surface area (TPSA) is 3.24 Å². The molecule has 2 heterocycles. The van der Waals surface area contributed by atoms with Gasteiger partial charge in [0.25, 0.3) is 0 Å². The van der Waals surface area contributed by atoms with Crippen LogP contribution in [0.15, 0.2) is 200 Å². The van der Waals surface area contributed by atoms with Crippen molar-refractivity contribution in [3.63, 3.8) is 0 Å². The van der Waals surface area contributed by atoms with Crippen molar-refractivity contribution in [2.75, 3.05) is 4.90 Å². The number of anilines is 3. The quantitative estimate of drug-likeness (QED) is 0.171. The van der Waals surface area contributed by atoms with Gasteiger partial charge in [-0.1, -0.05) is 153 Å². The van der Waals surface area contributed by atoms with Gasteiger partial charge in [-0.2, -0.15) is 0 Å². The molecular weight excluding hydrogens is 775 g/mol. The highest BCUT2D eigenvalue weighted by Gasteiger charge is 2.53. The fourth-order valence-corrected chi connectivity index (χ4v) is 13.3. The molecule has 0 saturated heterocycles. The first-order chi connectivity index (χ1) is 30.0. The van der Waals surface area contributed by atoms with Gasteiger partial charge in [-0.05, 0) is 116 Å². The summed E-state index contributed by atoms with van der Waals surface area (Å²) in [5.74, 6) is 0. The Bertz CT molecular complexity index is 3530. The molecule has 2 aromatic heterocycles. The predicted molar refractivity (Wildman–Crippen MR) is 262 cm³/mol. The Labute approximate surface area is 363 Å². The van der Waals surface area contributed by atoms with Crippen molar-refractivity contribution in [3.8, 4) is 22.3 Å². The van der Waals surface area contributed by atoms with E-state index in [0.717, 1.165) is 17.1 Å². The Hall–Kier alpha value is -6.78. The predicted octanol–water partition coefficient (Wildman–Crippen LogP) is 16.6. The largest absolute Gasteiger partial charge is 0.310 e. The van der Waals surface area contributed by atoms with Gasteiger partial charge >= 0.3 is 0 Å². The zero-order chi connectivity index (χ0) is 40.5. The van der Waals surface area contributed by atoms with Crippen molar-refractivity contribution in [2.45, 2.75) is 24.7 Å². The maximum atomic E-state index is 2.52. The van der Waals surface area contributed by atoms with Crippen molar-refractivity contribution in [1.82, 2.24) is 0 Å². The molecule has 0 unspecified atom stereocenters. The Balaban J connectivity index is 1.05. The van der Waals surface area contributed by atoms with Crippen molar-refractivity contribution >= 4 is 80.1 Å². The van der Waals surface area contributed by atoms with Gasteiger partial charge in [0.2, 0.25) is 0 Å². The fraction of sp³-hybridized carbons (Fsp3) is 0.0690. The van der Waals surface area contributed by atoms with Crippen LogP contribution in [0.2, 0.25) is 0 Å². The van der Waals surface area contributed by atoms with E-state index in [4.69, 9.17) is 0 Å². The third-order valence-electron chi connectivity index (χ3n) is 13.8. The summed E-state index contributed by atoms with van der Waals surface area (Å²) in [7, 11) is 0.